The van der Waals surface area contributed by atoms with Crippen molar-refractivity contribution in [3.8, 4) is 0 Å². The number of hydrogen-bond donors (Lipinski definition) is 1. The van der Waals surface area contributed by atoms with Gasteiger partial charge in [0.25, 0.3) is 6.43 Å². The molecule has 4 heteroatoms. The molecule has 2 nitrogen and oxygen atoms in total. The van der Waals surface area contributed by atoms with E-state index in [9.17, 15) is 8.78 Å². The molecular formula is C8H18F2N2. The second-order valence-corrected chi connectivity index (χ2v) is 3.72. The van der Waals surface area contributed by atoms with E-state index in [4.69, 9.17) is 0 Å². The van der Waals surface area contributed by atoms with Gasteiger partial charge in [0.05, 0.1) is 6.54 Å². The molecule has 0 aromatic rings. The lowest BCUT2D eigenvalue weighted by atomic mass is 10.1. The van der Waals surface area contributed by atoms with Gasteiger partial charge in [-0.2, -0.15) is 0 Å². The van der Waals surface area contributed by atoms with E-state index in [2.05, 4.69) is 5.32 Å². The molecule has 0 bridgehead atoms. The molecule has 0 aromatic carbocycles. The van der Waals surface area contributed by atoms with E-state index in [0.717, 1.165) is 0 Å². The second-order valence-electron chi connectivity index (χ2n) is 3.72. The third-order valence-electron chi connectivity index (χ3n) is 1.79. The molecule has 0 aliphatic heterocycles. The zero-order valence-electron chi connectivity index (χ0n) is 8.19. The lowest BCUT2D eigenvalue weighted by molar-refractivity contribution is 0.0897. The van der Waals surface area contributed by atoms with Crippen molar-refractivity contribution in [3.05, 3.63) is 0 Å². The number of alkyl halides is 2. The lowest BCUT2D eigenvalue weighted by Crippen LogP contribution is -2.47. The number of likely N-dealkylation sites (N-methyl/N-ethyl adjacent to an activating group) is 2. The Labute approximate surface area is 72.9 Å². The van der Waals surface area contributed by atoms with Crippen LogP contribution in [0.2, 0.25) is 0 Å². The highest BCUT2D eigenvalue weighted by molar-refractivity contribution is 4.78. The maximum atomic E-state index is 11.9. The fourth-order valence-corrected chi connectivity index (χ4v) is 1.05. The molecule has 0 unspecified atom stereocenters. The van der Waals surface area contributed by atoms with E-state index < -0.39 is 6.43 Å². The van der Waals surface area contributed by atoms with Crippen molar-refractivity contribution in [3.63, 3.8) is 0 Å². The van der Waals surface area contributed by atoms with Crippen LogP contribution < -0.4 is 5.32 Å². The summed E-state index contributed by atoms with van der Waals surface area (Å²) in [5, 5.41) is 3.06. The molecule has 0 heterocycles. The molecule has 0 fully saturated rings. The van der Waals surface area contributed by atoms with Crippen molar-refractivity contribution >= 4 is 0 Å². The summed E-state index contributed by atoms with van der Waals surface area (Å²) in [7, 11) is 3.53. The monoisotopic (exact) mass is 180 g/mol. The van der Waals surface area contributed by atoms with Crippen LogP contribution in [0.5, 0.6) is 0 Å². The molecule has 1 N–H and O–H groups in total. The Kier molecular flexibility index (Phi) is 4.63. The molecule has 0 aromatic heterocycles. The van der Waals surface area contributed by atoms with Gasteiger partial charge in [-0.05, 0) is 27.9 Å². The fourth-order valence-electron chi connectivity index (χ4n) is 1.05. The first-order valence-corrected chi connectivity index (χ1v) is 4.03. The zero-order chi connectivity index (χ0) is 9.78. The van der Waals surface area contributed by atoms with Gasteiger partial charge in [0.15, 0.2) is 0 Å². The van der Waals surface area contributed by atoms with Gasteiger partial charge < -0.3 is 5.32 Å². The van der Waals surface area contributed by atoms with Crippen LogP contribution in [0, 0.1) is 0 Å². The van der Waals surface area contributed by atoms with Gasteiger partial charge in [-0.1, -0.05) is 0 Å². The number of halogens is 2. The minimum atomic E-state index is -2.25. The van der Waals surface area contributed by atoms with E-state index in [-0.39, 0.29) is 12.1 Å². The Morgan fingerprint density at radius 2 is 1.92 bits per heavy atom. The van der Waals surface area contributed by atoms with Gasteiger partial charge in [-0.25, -0.2) is 8.78 Å². The average molecular weight is 180 g/mol. The van der Waals surface area contributed by atoms with Gasteiger partial charge in [0.1, 0.15) is 0 Å². The summed E-state index contributed by atoms with van der Waals surface area (Å²) in [5.41, 5.74) is -0.107. The van der Waals surface area contributed by atoms with Crippen molar-refractivity contribution in [2.45, 2.75) is 25.8 Å². The van der Waals surface area contributed by atoms with Crippen molar-refractivity contribution in [2.24, 2.45) is 0 Å². The standard InChI is InChI=1S/C8H18F2N2/c1-8(2,11-3)6-12(4)5-7(9)10/h7,11H,5-6H2,1-4H3. The Morgan fingerprint density at radius 3 is 2.25 bits per heavy atom. The van der Waals surface area contributed by atoms with Gasteiger partial charge in [0, 0.05) is 12.1 Å². The number of rotatable bonds is 5. The predicted octanol–water partition coefficient (Wildman–Crippen LogP) is 1.18. The summed E-state index contributed by atoms with van der Waals surface area (Å²) in [6, 6.07) is 0. The summed E-state index contributed by atoms with van der Waals surface area (Å²) >= 11 is 0. The maximum absolute atomic E-state index is 11.9. The van der Waals surface area contributed by atoms with Crippen molar-refractivity contribution in [1.82, 2.24) is 10.2 Å². The number of hydrogen-bond acceptors (Lipinski definition) is 2. The van der Waals surface area contributed by atoms with Crippen LogP contribution in [0.4, 0.5) is 8.78 Å². The Balaban J connectivity index is 3.75. The van der Waals surface area contributed by atoms with Crippen molar-refractivity contribution in [1.29, 1.82) is 0 Å². The molecule has 0 radical (unpaired) electrons. The largest absolute Gasteiger partial charge is 0.314 e. The Hall–Kier alpha value is -0.220. The second kappa shape index (κ2) is 4.72. The van der Waals surface area contributed by atoms with Crippen LogP contribution in [0.3, 0.4) is 0 Å². The van der Waals surface area contributed by atoms with Crippen molar-refractivity contribution in [2.75, 3.05) is 27.2 Å². The first kappa shape index (κ1) is 11.8. The molecule has 0 aliphatic carbocycles. The molecule has 74 valence electrons. The van der Waals surface area contributed by atoms with E-state index in [1.807, 2.05) is 20.9 Å². The van der Waals surface area contributed by atoms with Crippen molar-refractivity contribution < 1.29 is 8.78 Å². The molecule has 12 heavy (non-hydrogen) atoms. The summed E-state index contributed by atoms with van der Waals surface area (Å²) in [4.78, 5) is 1.63. The molecule has 0 atom stereocenters. The predicted molar refractivity (Wildman–Crippen MR) is 46.6 cm³/mol. The van der Waals surface area contributed by atoms with Crippen LogP contribution in [0.25, 0.3) is 0 Å². The Morgan fingerprint density at radius 1 is 1.42 bits per heavy atom. The topological polar surface area (TPSA) is 15.3 Å². The number of nitrogens with one attached hydrogen (secondary N) is 1. The first-order valence-electron chi connectivity index (χ1n) is 4.03. The summed E-state index contributed by atoms with van der Waals surface area (Å²) in [6.07, 6.45) is -2.25. The van der Waals surface area contributed by atoms with Gasteiger partial charge >= 0.3 is 0 Å². The van der Waals surface area contributed by atoms with Crippen LogP contribution in [-0.2, 0) is 0 Å². The Bertz CT molecular complexity index is 126. The molecule has 0 aliphatic rings. The SMILES string of the molecule is CNC(C)(C)CN(C)CC(F)F. The maximum Gasteiger partial charge on any atom is 0.251 e. The van der Waals surface area contributed by atoms with E-state index >= 15 is 0 Å². The van der Waals surface area contributed by atoms with E-state index in [1.54, 1.807) is 11.9 Å². The lowest BCUT2D eigenvalue weighted by Gasteiger charge is -2.29. The molecule has 0 amide bonds. The summed E-state index contributed by atoms with van der Waals surface area (Å²) in [6.45, 7) is 4.42. The van der Waals surface area contributed by atoms with Gasteiger partial charge in [0.2, 0.25) is 0 Å². The van der Waals surface area contributed by atoms with E-state index in [1.165, 1.54) is 0 Å². The zero-order valence-corrected chi connectivity index (χ0v) is 8.19. The van der Waals surface area contributed by atoms with Crippen LogP contribution >= 0.6 is 0 Å². The minimum absolute atomic E-state index is 0.107. The van der Waals surface area contributed by atoms with Crippen LogP contribution in [0.15, 0.2) is 0 Å². The molecular weight excluding hydrogens is 162 g/mol. The first-order chi connectivity index (χ1) is 5.37. The average Bonchev–Trinajstić information content (AvgIpc) is 1.84. The highest BCUT2D eigenvalue weighted by atomic mass is 19.3. The molecule has 0 saturated heterocycles. The van der Waals surface area contributed by atoms with Crippen LogP contribution in [0.1, 0.15) is 13.8 Å². The normalized spacial score (nSPS) is 13.0. The third kappa shape index (κ3) is 5.43. The summed E-state index contributed by atoms with van der Waals surface area (Å²) in [5.74, 6) is 0. The quantitative estimate of drug-likeness (QED) is 0.683. The summed E-state index contributed by atoms with van der Waals surface area (Å²) < 4.78 is 23.8. The minimum Gasteiger partial charge on any atom is -0.314 e. The van der Waals surface area contributed by atoms with Gasteiger partial charge in [-0.3, -0.25) is 4.90 Å². The highest BCUT2D eigenvalue weighted by Gasteiger charge is 2.18. The number of nitrogens with zero attached hydrogens (tertiary/aromatic N) is 1. The smallest absolute Gasteiger partial charge is 0.251 e. The molecule has 0 spiro atoms. The molecule has 0 rings (SSSR count). The van der Waals surface area contributed by atoms with Gasteiger partial charge in [-0.15, -0.1) is 0 Å². The fraction of sp³-hybridized carbons (Fsp3) is 1.00. The highest BCUT2D eigenvalue weighted by Crippen LogP contribution is 2.04. The van der Waals surface area contributed by atoms with Crippen LogP contribution in [-0.4, -0.2) is 44.0 Å². The van der Waals surface area contributed by atoms with E-state index in [0.29, 0.717) is 6.54 Å². The molecule has 0 saturated carbocycles. The third-order valence-corrected chi connectivity index (χ3v) is 1.79.